The minimum atomic E-state index is -1.19. The van der Waals surface area contributed by atoms with Crippen LogP contribution in [0.3, 0.4) is 0 Å². The fourth-order valence-electron chi connectivity index (χ4n) is 8.69. The van der Waals surface area contributed by atoms with Gasteiger partial charge in [-0.3, -0.25) is 53.1 Å². The second-order valence-electron chi connectivity index (χ2n) is 24.8. The number of hydrogen-bond acceptors (Lipinski definition) is 16. The van der Waals surface area contributed by atoms with Crippen molar-refractivity contribution >= 4 is 53.3 Å². The molecule has 1 aliphatic carbocycles. The van der Waals surface area contributed by atoms with Gasteiger partial charge in [0.1, 0.15) is 34.0 Å². The molecule has 1 unspecified atom stereocenters. The van der Waals surface area contributed by atoms with Crippen molar-refractivity contribution in [2.45, 2.75) is 227 Å². The molecule has 0 spiro atoms. The monoisotopic (exact) mass is 1070 g/mol. The van der Waals surface area contributed by atoms with Gasteiger partial charge in [0, 0.05) is 49.7 Å². The Morgan fingerprint density at radius 3 is 1.38 bits per heavy atom. The zero-order chi connectivity index (χ0) is 57.8. The van der Waals surface area contributed by atoms with Gasteiger partial charge in [0.2, 0.25) is 11.8 Å². The normalized spacial score (nSPS) is 16.4. The third kappa shape index (κ3) is 29.9. The van der Waals surface area contributed by atoms with Gasteiger partial charge < -0.3 is 39.4 Å². The van der Waals surface area contributed by atoms with Crippen molar-refractivity contribution in [3.63, 3.8) is 0 Å². The van der Waals surface area contributed by atoms with E-state index in [0.717, 1.165) is 18.4 Å². The molecule has 2 rings (SSSR count). The third-order valence-electron chi connectivity index (χ3n) is 11.4. The zero-order valence-corrected chi connectivity index (χ0v) is 48.4. The number of nitrogens with one attached hydrogen (secondary N) is 3. The zero-order valence-electron chi connectivity index (χ0n) is 48.4. The molecule has 1 aliphatic rings. The van der Waals surface area contributed by atoms with Gasteiger partial charge in [-0.1, -0.05) is 25.0 Å². The Bertz CT molecular complexity index is 2000. The number of carboxylic acid groups (broad SMARTS) is 1. The van der Waals surface area contributed by atoms with Crippen LogP contribution in [0, 0.1) is 0 Å². The maximum Gasteiger partial charge on any atom is 0.322 e. The summed E-state index contributed by atoms with van der Waals surface area (Å²) in [5, 5.41) is 14.5. The van der Waals surface area contributed by atoms with E-state index in [0.29, 0.717) is 37.9 Å². The Morgan fingerprint density at radius 1 is 0.566 bits per heavy atom. The molecule has 4 atom stereocenters. The Kier molecular flexibility index (Phi) is 26.5. The van der Waals surface area contributed by atoms with Gasteiger partial charge in [0.15, 0.2) is 0 Å². The van der Waals surface area contributed by atoms with E-state index >= 15 is 0 Å². The largest absolute Gasteiger partial charge is 0.480 e. The average Bonchev–Trinajstić information content (AvgIpc) is 3.22. The fraction of sp³-hybridized carbons (Fsp3) is 0.750. The van der Waals surface area contributed by atoms with E-state index in [1.807, 2.05) is 17.0 Å². The predicted molar refractivity (Wildman–Crippen MR) is 288 cm³/mol. The second-order valence-corrected chi connectivity index (χ2v) is 24.8. The molecule has 0 heterocycles. The summed E-state index contributed by atoms with van der Waals surface area (Å²) >= 11 is 0. The molecular weight excluding hydrogens is 981 g/mol. The van der Waals surface area contributed by atoms with Gasteiger partial charge in [-0.2, -0.15) is 0 Å². The van der Waals surface area contributed by atoms with Crippen LogP contribution in [0.15, 0.2) is 24.3 Å². The first-order chi connectivity index (χ1) is 34.9. The number of unbranched alkanes of at least 4 members (excludes halogenated alkanes) is 1. The number of anilines is 1. The molecule has 1 aromatic rings. The lowest BCUT2D eigenvalue weighted by Gasteiger charge is -2.46. The molecule has 1 radical (unpaired) electrons. The van der Waals surface area contributed by atoms with Crippen LogP contribution in [0.25, 0.3) is 0 Å². The van der Waals surface area contributed by atoms with Crippen LogP contribution < -0.4 is 16.4 Å². The third-order valence-corrected chi connectivity index (χ3v) is 11.4. The van der Waals surface area contributed by atoms with E-state index in [9.17, 15) is 38.4 Å². The summed E-state index contributed by atoms with van der Waals surface area (Å²) in [6.45, 7) is 25.5. The lowest BCUT2D eigenvalue weighted by atomic mass is 9.87. The van der Waals surface area contributed by atoms with Crippen LogP contribution in [0.1, 0.15) is 174 Å². The van der Waals surface area contributed by atoms with Crippen molar-refractivity contribution < 1.29 is 67.1 Å². The molecule has 20 nitrogen and oxygen atoms in total. The summed E-state index contributed by atoms with van der Waals surface area (Å²) in [6, 6.07) is 4.28. The van der Waals surface area contributed by atoms with Gasteiger partial charge >= 0.3 is 35.8 Å². The number of amides is 2. The van der Waals surface area contributed by atoms with Gasteiger partial charge in [-0.25, -0.2) is 5.73 Å². The summed E-state index contributed by atoms with van der Waals surface area (Å²) in [5.41, 5.74) is 4.54. The Morgan fingerprint density at radius 2 is 0.961 bits per heavy atom. The van der Waals surface area contributed by atoms with Gasteiger partial charge in [0.25, 0.3) is 0 Å². The first-order valence-corrected chi connectivity index (χ1v) is 26.8. The number of nitrogens with zero attached hydrogens (tertiary/aromatic N) is 3. The molecule has 1 fully saturated rings. The van der Waals surface area contributed by atoms with Crippen molar-refractivity contribution in [3.8, 4) is 0 Å². The quantitative estimate of drug-likeness (QED) is 0.0450. The van der Waals surface area contributed by atoms with Crippen molar-refractivity contribution in [2.75, 3.05) is 51.1 Å². The fourth-order valence-corrected chi connectivity index (χ4v) is 8.69. The standard InChI is InChI=1S/C56H93N6O14/c1-52(2,3)72-46(65)33-60(34-47(66)73-53(4,5)6)40(31-38-26-28-39(29-27-38)59-45(64)25-20-24-44(63)58-30-19-18-21-41(57)51(70)71)32-61(35-48(67)74-54(7,8)9)42-22-16-17-23-43(42)62(36-49(68)75-55(10,11)12)37-50(69)76-56(13,14)15/h26-29,40-43,57H,16-25,30-37H2,1-15H3,(H,58,63)(H,59,64)(H,70,71)/t40-,41?,42+,43+/m1/s1. The molecule has 76 heavy (non-hydrogen) atoms. The molecule has 1 aromatic carbocycles. The van der Waals surface area contributed by atoms with Gasteiger partial charge in [-0.05, 0) is 166 Å². The number of hydrogen-bond donors (Lipinski definition) is 3. The van der Waals surface area contributed by atoms with Crippen LogP contribution >= 0.6 is 0 Å². The number of benzene rings is 1. The molecule has 2 amide bonds. The van der Waals surface area contributed by atoms with E-state index < -0.39 is 88.0 Å². The van der Waals surface area contributed by atoms with E-state index in [2.05, 4.69) is 10.6 Å². The SMILES string of the molecule is CC(C)(C)OC(=O)CN(CC(=O)OC(C)(C)C)[C@H](Cc1ccc(NC(=O)CCCC(=O)NCCCCC([NH])C(=O)O)cc1)CN(CC(=O)OC(C)(C)C)[C@H]1CCCC[C@@H]1N(CC(=O)OC(C)(C)C)CC(=O)OC(C)(C)C. The highest BCUT2D eigenvalue weighted by atomic mass is 16.6. The number of carbonyl (C=O) groups is 8. The topological polar surface area (TPSA) is 261 Å². The Balaban J connectivity index is 2.64. The molecule has 4 N–H and O–H groups in total. The lowest BCUT2D eigenvalue weighted by molar-refractivity contribution is -0.164. The van der Waals surface area contributed by atoms with Crippen molar-refractivity contribution in [2.24, 2.45) is 0 Å². The first-order valence-electron chi connectivity index (χ1n) is 26.8. The second kappa shape index (κ2) is 30.1. The maximum atomic E-state index is 14.1. The highest BCUT2D eigenvalue weighted by Crippen LogP contribution is 2.30. The summed E-state index contributed by atoms with van der Waals surface area (Å²) in [4.78, 5) is 111. The molecule has 1 saturated carbocycles. The van der Waals surface area contributed by atoms with E-state index in [-0.39, 0.29) is 83.2 Å². The van der Waals surface area contributed by atoms with Crippen LogP contribution in [0.4, 0.5) is 5.69 Å². The Labute approximate surface area is 452 Å². The van der Waals surface area contributed by atoms with Crippen LogP contribution in [0.2, 0.25) is 0 Å². The first kappa shape index (κ1) is 66.9. The number of esters is 5. The molecular formula is C56H93N6O14. The number of carboxylic acids is 1. The number of carbonyl (C=O) groups excluding carboxylic acids is 7. The Hall–Kier alpha value is -5.18. The van der Waals surface area contributed by atoms with E-state index in [4.69, 9.17) is 34.5 Å². The summed E-state index contributed by atoms with van der Waals surface area (Å²) in [6.07, 6.45) is 4.55. The summed E-state index contributed by atoms with van der Waals surface area (Å²) in [7, 11) is 0. The number of ether oxygens (including phenoxy) is 5. The molecule has 0 saturated heterocycles. The van der Waals surface area contributed by atoms with Gasteiger partial charge in [-0.15, -0.1) is 0 Å². The molecule has 0 aliphatic heterocycles. The van der Waals surface area contributed by atoms with E-state index in [1.165, 1.54) is 0 Å². The minimum absolute atomic E-state index is 0.0727. The van der Waals surface area contributed by atoms with Crippen molar-refractivity contribution in [3.05, 3.63) is 29.8 Å². The number of rotatable bonds is 28. The maximum absolute atomic E-state index is 14.1. The lowest BCUT2D eigenvalue weighted by Crippen LogP contribution is -2.60. The van der Waals surface area contributed by atoms with Crippen LogP contribution in [-0.2, 0) is 68.5 Å². The van der Waals surface area contributed by atoms with E-state index in [1.54, 1.807) is 126 Å². The summed E-state index contributed by atoms with van der Waals surface area (Å²) in [5.74, 6) is -4.50. The number of aliphatic carboxylic acids is 1. The molecule has 431 valence electrons. The highest BCUT2D eigenvalue weighted by molar-refractivity contribution is 5.91. The molecule has 0 bridgehead atoms. The van der Waals surface area contributed by atoms with Crippen molar-refractivity contribution in [1.82, 2.24) is 25.8 Å². The van der Waals surface area contributed by atoms with Crippen LogP contribution in [-0.4, -0.2) is 165 Å². The average molecular weight is 1070 g/mol. The predicted octanol–water partition coefficient (Wildman–Crippen LogP) is 6.65. The minimum Gasteiger partial charge on any atom is -0.480 e. The highest BCUT2D eigenvalue weighted by Gasteiger charge is 2.40. The molecule has 20 heteroatoms. The smallest absolute Gasteiger partial charge is 0.322 e. The molecule has 0 aromatic heterocycles. The van der Waals surface area contributed by atoms with Crippen LogP contribution in [0.5, 0.6) is 0 Å². The summed E-state index contributed by atoms with van der Waals surface area (Å²) < 4.78 is 29.1. The van der Waals surface area contributed by atoms with Crippen molar-refractivity contribution in [1.29, 1.82) is 0 Å². The van der Waals surface area contributed by atoms with Gasteiger partial charge in [0.05, 0.1) is 32.7 Å².